The van der Waals surface area contributed by atoms with E-state index in [4.69, 9.17) is 5.26 Å². The van der Waals surface area contributed by atoms with Crippen LogP contribution in [0, 0.1) is 11.3 Å². The summed E-state index contributed by atoms with van der Waals surface area (Å²) in [5.74, 6) is 0. The molecule has 0 fully saturated rings. The summed E-state index contributed by atoms with van der Waals surface area (Å²) in [7, 11) is 0. The van der Waals surface area contributed by atoms with Gasteiger partial charge in [0.05, 0.1) is 0 Å². The number of rotatable bonds is 2. The third-order valence-corrected chi connectivity index (χ3v) is 1.72. The summed E-state index contributed by atoms with van der Waals surface area (Å²) in [6.07, 6.45) is 2.69. The number of nitriles is 1. The highest BCUT2D eigenvalue weighted by atomic mass is 79.9. The molecule has 0 aliphatic heterocycles. The minimum atomic E-state index is 0.475. The second-order valence-corrected chi connectivity index (χ2v) is 2.90. The molecule has 0 aliphatic rings. The highest BCUT2D eigenvalue weighted by molar-refractivity contribution is 9.09. The highest BCUT2D eigenvalue weighted by Gasteiger charge is 1.92. The number of halogens is 1. The fourth-order valence-electron chi connectivity index (χ4n) is 0.748. The summed E-state index contributed by atoms with van der Waals surface area (Å²) in [5.41, 5.74) is 1.63. The van der Waals surface area contributed by atoms with Gasteiger partial charge in [-0.1, -0.05) is 22.0 Å². The van der Waals surface area contributed by atoms with Crippen molar-refractivity contribution in [3.8, 4) is 6.07 Å². The first-order chi connectivity index (χ1) is 5.36. The van der Waals surface area contributed by atoms with Crippen LogP contribution >= 0.6 is 15.9 Å². The Morgan fingerprint density at radius 3 is 2.82 bits per heavy atom. The molecule has 0 amide bonds. The standard InChI is InChI=1S/C8H7BrN2/c9-4-3-7-1-2-8(5-10)11-6-7/h1-2,6H,3-4H2. The molecule has 11 heavy (non-hydrogen) atoms. The Hall–Kier alpha value is -0.880. The van der Waals surface area contributed by atoms with Crippen LogP contribution in [-0.2, 0) is 6.42 Å². The Morgan fingerprint density at radius 1 is 1.55 bits per heavy atom. The summed E-state index contributed by atoms with van der Waals surface area (Å²) in [6.45, 7) is 0. The molecule has 1 aromatic heterocycles. The van der Waals surface area contributed by atoms with Gasteiger partial charge in [0.2, 0.25) is 0 Å². The van der Waals surface area contributed by atoms with E-state index in [-0.39, 0.29) is 0 Å². The lowest BCUT2D eigenvalue weighted by molar-refractivity contribution is 1.11. The van der Waals surface area contributed by atoms with Crippen molar-refractivity contribution in [1.29, 1.82) is 5.26 Å². The minimum Gasteiger partial charge on any atom is -0.245 e. The summed E-state index contributed by atoms with van der Waals surface area (Å²) < 4.78 is 0. The average Bonchev–Trinajstić information content (AvgIpc) is 2.07. The summed E-state index contributed by atoms with van der Waals surface area (Å²) in [4.78, 5) is 3.93. The van der Waals surface area contributed by atoms with Crippen LogP contribution < -0.4 is 0 Å². The summed E-state index contributed by atoms with van der Waals surface area (Å²) >= 11 is 3.33. The Labute approximate surface area is 74.0 Å². The van der Waals surface area contributed by atoms with E-state index in [1.54, 1.807) is 12.3 Å². The number of nitrogens with zero attached hydrogens (tertiary/aromatic N) is 2. The van der Waals surface area contributed by atoms with Gasteiger partial charge >= 0.3 is 0 Å². The second-order valence-electron chi connectivity index (χ2n) is 2.10. The summed E-state index contributed by atoms with van der Waals surface area (Å²) in [6, 6.07) is 5.63. The molecule has 56 valence electrons. The molecule has 0 atom stereocenters. The van der Waals surface area contributed by atoms with Gasteiger partial charge in [0.1, 0.15) is 11.8 Å². The monoisotopic (exact) mass is 210 g/mol. The van der Waals surface area contributed by atoms with Gasteiger partial charge in [-0.25, -0.2) is 4.98 Å². The van der Waals surface area contributed by atoms with Crippen molar-refractivity contribution in [2.45, 2.75) is 6.42 Å². The smallest absolute Gasteiger partial charge is 0.140 e. The van der Waals surface area contributed by atoms with Crippen LogP contribution in [0.4, 0.5) is 0 Å². The number of aromatic nitrogens is 1. The van der Waals surface area contributed by atoms with Gasteiger partial charge in [0.25, 0.3) is 0 Å². The molecule has 0 aromatic carbocycles. The van der Waals surface area contributed by atoms with Gasteiger partial charge in [0.15, 0.2) is 0 Å². The van der Waals surface area contributed by atoms with Crippen LogP contribution in [0.5, 0.6) is 0 Å². The molecule has 0 aliphatic carbocycles. The number of hydrogen-bond acceptors (Lipinski definition) is 2. The zero-order chi connectivity index (χ0) is 8.10. The molecule has 0 radical (unpaired) electrons. The Bertz CT molecular complexity index is 260. The Kier molecular flexibility index (Phi) is 3.06. The molecule has 0 saturated heterocycles. The Morgan fingerprint density at radius 2 is 2.36 bits per heavy atom. The van der Waals surface area contributed by atoms with Crippen LogP contribution in [0.1, 0.15) is 11.3 Å². The first-order valence-corrected chi connectivity index (χ1v) is 4.40. The molecule has 0 N–H and O–H groups in total. The lowest BCUT2D eigenvalue weighted by Gasteiger charge is -1.94. The quantitative estimate of drug-likeness (QED) is 0.700. The van der Waals surface area contributed by atoms with Crippen molar-refractivity contribution in [2.24, 2.45) is 0 Å². The maximum atomic E-state index is 8.44. The first-order valence-electron chi connectivity index (χ1n) is 3.28. The normalized spacial score (nSPS) is 9.09. The van der Waals surface area contributed by atoms with Crippen molar-refractivity contribution >= 4 is 15.9 Å². The van der Waals surface area contributed by atoms with Crippen molar-refractivity contribution < 1.29 is 0 Å². The van der Waals surface area contributed by atoms with E-state index in [9.17, 15) is 0 Å². The van der Waals surface area contributed by atoms with Crippen LogP contribution in [0.3, 0.4) is 0 Å². The van der Waals surface area contributed by atoms with Gasteiger partial charge < -0.3 is 0 Å². The van der Waals surface area contributed by atoms with Crippen LogP contribution in [0.25, 0.3) is 0 Å². The fraction of sp³-hybridized carbons (Fsp3) is 0.250. The molecular weight excluding hydrogens is 204 g/mol. The summed E-state index contributed by atoms with van der Waals surface area (Å²) in [5, 5.41) is 9.37. The fourth-order valence-corrected chi connectivity index (χ4v) is 1.21. The van der Waals surface area contributed by atoms with Gasteiger partial charge in [-0.2, -0.15) is 5.26 Å². The third kappa shape index (κ3) is 2.32. The van der Waals surface area contributed by atoms with Crippen molar-refractivity contribution in [3.63, 3.8) is 0 Å². The minimum absolute atomic E-state index is 0.475. The van der Waals surface area contributed by atoms with Crippen molar-refractivity contribution in [3.05, 3.63) is 29.6 Å². The molecule has 1 rings (SSSR count). The molecule has 0 saturated carbocycles. The number of aryl methyl sites for hydroxylation is 1. The third-order valence-electron chi connectivity index (χ3n) is 1.32. The number of hydrogen-bond donors (Lipinski definition) is 0. The van der Waals surface area contributed by atoms with E-state index in [2.05, 4.69) is 20.9 Å². The van der Waals surface area contributed by atoms with Gasteiger partial charge in [-0.05, 0) is 18.1 Å². The zero-order valence-corrected chi connectivity index (χ0v) is 7.50. The first kappa shape index (κ1) is 8.22. The van der Waals surface area contributed by atoms with Crippen molar-refractivity contribution in [1.82, 2.24) is 4.98 Å². The maximum absolute atomic E-state index is 8.44. The predicted molar refractivity (Wildman–Crippen MR) is 46.5 cm³/mol. The molecule has 0 spiro atoms. The topological polar surface area (TPSA) is 36.7 Å². The molecule has 1 heterocycles. The van der Waals surface area contributed by atoms with Crippen LogP contribution in [-0.4, -0.2) is 10.3 Å². The van der Waals surface area contributed by atoms with Gasteiger partial charge in [0, 0.05) is 11.5 Å². The van der Waals surface area contributed by atoms with Crippen molar-refractivity contribution in [2.75, 3.05) is 5.33 Å². The van der Waals surface area contributed by atoms with E-state index in [0.717, 1.165) is 17.3 Å². The molecule has 0 unspecified atom stereocenters. The molecule has 2 nitrogen and oxygen atoms in total. The van der Waals surface area contributed by atoms with Crippen LogP contribution in [0.2, 0.25) is 0 Å². The highest BCUT2D eigenvalue weighted by Crippen LogP contribution is 2.01. The van der Waals surface area contributed by atoms with E-state index in [0.29, 0.717) is 5.69 Å². The lowest BCUT2D eigenvalue weighted by Crippen LogP contribution is -1.88. The number of pyridine rings is 1. The maximum Gasteiger partial charge on any atom is 0.140 e. The molecule has 0 bridgehead atoms. The van der Waals surface area contributed by atoms with E-state index >= 15 is 0 Å². The lowest BCUT2D eigenvalue weighted by atomic mass is 10.2. The molecule has 3 heteroatoms. The van der Waals surface area contributed by atoms with Gasteiger partial charge in [-0.15, -0.1) is 0 Å². The Balaban J connectivity index is 2.76. The number of alkyl halides is 1. The largest absolute Gasteiger partial charge is 0.245 e. The van der Waals surface area contributed by atoms with Gasteiger partial charge in [-0.3, -0.25) is 0 Å². The van der Waals surface area contributed by atoms with E-state index in [1.165, 1.54) is 0 Å². The second kappa shape index (κ2) is 4.09. The SMILES string of the molecule is N#Cc1ccc(CCBr)cn1. The van der Waals surface area contributed by atoms with E-state index in [1.807, 2.05) is 12.1 Å². The molecule has 1 aromatic rings. The van der Waals surface area contributed by atoms with E-state index < -0.39 is 0 Å². The zero-order valence-electron chi connectivity index (χ0n) is 5.92. The van der Waals surface area contributed by atoms with Crippen LogP contribution in [0.15, 0.2) is 18.3 Å². The average molecular weight is 211 g/mol. The molecular formula is C8H7BrN2. The predicted octanol–water partition coefficient (Wildman–Crippen LogP) is 1.89.